The molecule has 1 atom stereocenters. The molecule has 208 valence electrons. The van der Waals surface area contributed by atoms with Crippen LogP contribution in [0.15, 0.2) is 53.0 Å². The number of hydrogen-bond acceptors (Lipinski definition) is 5. The van der Waals surface area contributed by atoms with E-state index in [-0.39, 0.29) is 22.4 Å². The van der Waals surface area contributed by atoms with E-state index in [0.717, 1.165) is 11.6 Å². The number of nitrogens with zero attached hydrogens (tertiary/aromatic N) is 4. The number of rotatable bonds is 5. The predicted octanol–water partition coefficient (Wildman–Crippen LogP) is 5.34. The summed E-state index contributed by atoms with van der Waals surface area (Å²) in [6.45, 7) is 4.65. The first kappa shape index (κ1) is 27.8. The van der Waals surface area contributed by atoms with E-state index in [9.17, 15) is 27.9 Å². The number of β-amino-alcohol motifs (C(OH)–C–C–N with tert-alkyl or cyclic N) is 1. The molecule has 2 aromatic heterocycles. The van der Waals surface area contributed by atoms with Crippen molar-refractivity contribution in [2.75, 3.05) is 18.4 Å². The van der Waals surface area contributed by atoms with Crippen LogP contribution in [0.4, 0.5) is 18.9 Å². The highest BCUT2D eigenvalue weighted by atomic mass is 79.9. The molecule has 4 aromatic rings. The number of aliphatic hydroxyl groups is 1. The fraction of sp³-hybridized carbons (Fsp3) is 0.286. The molecular weight excluding hydrogens is 591 g/mol. The lowest BCUT2D eigenvalue weighted by atomic mass is 10.1. The van der Waals surface area contributed by atoms with Crippen molar-refractivity contribution >= 4 is 44.3 Å². The van der Waals surface area contributed by atoms with Gasteiger partial charge in [-0.3, -0.25) is 14.3 Å². The maximum Gasteiger partial charge on any atom is 0.433 e. The Kier molecular flexibility index (Phi) is 7.40. The van der Waals surface area contributed by atoms with Gasteiger partial charge in [0, 0.05) is 28.5 Å². The molecule has 2 N–H and O–H groups in total. The van der Waals surface area contributed by atoms with Crippen LogP contribution in [0, 0.1) is 13.8 Å². The summed E-state index contributed by atoms with van der Waals surface area (Å²) in [6, 6.07) is 12.4. The average molecular weight is 616 g/mol. The van der Waals surface area contributed by atoms with Gasteiger partial charge in [-0.05, 0) is 62.2 Å². The Morgan fingerprint density at radius 2 is 1.85 bits per heavy atom. The molecule has 1 saturated heterocycles. The molecule has 1 aliphatic heterocycles. The number of aryl methyl sites for hydroxylation is 1. The SMILES string of the molecule is Cc1nn(Cc2ccc(C(=O)N3CCC(O)C3)cc2)c(C)c1NC(=O)c1cc(C(F)(F)F)nc2ccc(Br)cc12. The molecule has 1 unspecified atom stereocenters. The zero-order valence-corrected chi connectivity index (χ0v) is 23.2. The molecule has 1 fully saturated rings. The van der Waals surface area contributed by atoms with Gasteiger partial charge < -0.3 is 15.3 Å². The van der Waals surface area contributed by atoms with Gasteiger partial charge in [0.05, 0.1) is 40.8 Å². The minimum atomic E-state index is -4.72. The maximum absolute atomic E-state index is 13.5. The van der Waals surface area contributed by atoms with E-state index in [1.165, 1.54) is 6.07 Å². The van der Waals surface area contributed by atoms with Crippen LogP contribution < -0.4 is 5.32 Å². The summed E-state index contributed by atoms with van der Waals surface area (Å²) in [5.74, 6) is -0.847. The summed E-state index contributed by atoms with van der Waals surface area (Å²) in [7, 11) is 0. The first-order chi connectivity index (χ1) is 18.9. The molecule has 12 heteroatoms. The fourth-order valence-corrected chi connectivity index (χ4v) is 5.14. The number of alkyl halides is 3. The molecule has 0 radical (unpaired) electrons. The van der Waals surface area contributed by atoms with Crippen molar-refractivity contribution in [2.45, 2.75) is 39.1 Å². The Morgan fingerprint density at radius 3 is 2.50 bits per heavy atom. The number of benzene rings is 2. The molecule has 8 nitrogen and oxygen atoms in total. The third kappa shape index (κ3) is 5.59. The molecule has 1 aliphatic rings. The number of amides is 2. The van der Waals surface area contributed by atoms with Crippen LogP contribution in [-0.2, 0) is 12.7 Å². The largest absolute Gasteiger partial charge is 0.433 e. The van der Waals surface area contributed by atoms with E-state index in [2.05, 4.69) is 31.3 Å². The number of aromatic nitrogens is 3. The van der Waals surface area contributed by atoms with Crippen molar-refractivity contribution in [2.24, 2.45) is 0 Å². The second-order valence-corrected chi connectivity index (χ2v) is 10.7. The number of aliphatic hydroxyl groups excluding tert-OH is 1. The van der Waals surface area contributed by atoms with E-state index in [0.29, 0.717) is 53.2 Å². The van der Waals surface area contributed by atoms with Crippen LogP contribution in [0.25, 0.3) is 10.9 Å². The fourth-order valence-electron chi connectivity index (χ4n) is 4.78. The Labute approximate surface area is 235 Å². The van der Waals surface area contributed by atoms with Gasteiger partial charge in [0.25, 0.3) is 11.8 Å². The van der Waals surface area contributed by atoms with Crippen molar-refractivity contribution < 1.29 is 27.9 Å². The number of pyridine rings is 1. The lowest BCUT2D eigenvalue weighted by Crippen LogP contribution is -2.29. The Morgan fingerprint density at radius 1 is 1.12 bits per heavy atom. The monoisotopic (exact) mass is 615 g/mol. The summed E-state index contributed by atoms with van der Waals surface area (Å²) in [6.07, 6.45) is -4.64. The molecule has 0 bridgehead atoms. The van der Waals surface area contributed by atoms with Crippen LogP contribution >= 0.6 is 15.9 Å². The number of carbonyl (C=O) groups excluding carboxylic acids is 2. The maximum atomic E-state index is 13.5. The zero-order valence-electron chi connectivity index (χ0n) is 21.6. The van der Waals surface area contributed by atoms with Crippen LogP contribution in [0.5, 0.6) is 0 Å². The van der Waals surface area contributed by atoms with Gasteiger partial charge in [0.2, 0.25) is 0 Å². The number of hydrogen-bond donors (Lipinski definition) is 2. The number of fused-ring (bicyclic) bond motifs is 1. The minimum absolute atomic E-state index is 0.0511. The number of likely N-dealkylation sites (tertiary alicyclic amines) is 1. The smallest absolute Gasteiger partial charge is 0.391 e. The Balaban J connectivity index is 1.37. The van der Waals surface area contributed by atoms with Crippen LogP contribution in [0.3, 0.4) is 0 Å². The quantitative estimate of drug-likeness (QED) is 0.316. The van der Waals surface area contributed by atoms with Crippen LogP contribution in [-0.4, -0.2) is 55.8 Å². The molecule has 2 aromatic carbocycles. The van der Waals surface area contributed by atoms with E-state index in [1.54, 1.807) is 47.7 Å². The van der Waals surface area contributed by atoms with Crippen molar-refractivity contribution in [3.63, 3.8) is 0 Å². The van der Waals surface area contributed by atoms with Crippen LogP contribution in [0.1, 0.15) is 49.8 Å². The predicted molar refractivity (Wildman–Crippen MR) is 146 cm³/mol. The topological polar surface area (TPSA) is 100 Å². The van der Waals surface area contributed by atoms with Gasteiger partial charge in [0.15, 0.2) is 0 Å². The molecule has 0 saturated carbocycles. The summed E-state index contributed by atoms with van der Waals surface area (Å²) < 4.78 is 42.8. The molecule has 0 spiro atoms. The zero-order chi connectivity index (χ0) is 28.8. The number of carbonyl (C=O) groups is 2. The van der Waals surface area contributed by atoms with Crippen molar-refractivity contribution in [1.82, 2.24) is 19.7 Å². The number of nitrogens with one attached hydrogen (secondary N) is 1. The molecule has 3 heterocycles. The average Bonchev–Trinajstić information content (AvgIpc) is 3.45. The summed E-state index contributed by atoms with van der Waals surface area (Å²) >= 11 is 3.30. The van der Waals surface area contributed by atoms with Crippen molar-refractivity contribution in [3.05, 3.63) is 86.8 Å². The standard InChI is InChI=1S/C28H25BrF3N5O3/c1-15-25(34-26(39)22-12-24(28(30,31)32)33-23-8-7-19(29)11-21(22)23)16(2)37(35-15)13-17-3-5-18(6-4-17)27(40)36-10-9-20(38)14-36/h3-8,11-12,20,38H,9-10,13-14H2,1-2H3,(H,34,39). The number of anilines is 1. The van der Waals surface area contributed by atoms with E-state index >= 15 is 0 Å². The van der Waals surface area contributed by atoms with Gasteiger partial charge in [-0.15, -0.1) is 0 Å². The normalized spacial score (nSPS) is 15.6. The first-order valence-electron chi connectivity index (χ1n) is 12.5. The van der Waals surface area contributed by atoms with Crippen molar-refractivity contribution in [3.8, 4) is 0 Å². The molecule has 40 heavy (non-hydrogen) atoms. The Hall–Kier alpha value is -3.77. The van der Waals surface area contributed by atoms with Crippen molar-refractivity contribution in [1.29, 1.82) is 0 Å². The lowest BCUT2D eigenvalue weighted by molar-refractivity contribution is -0.141. The lowest BCUT2D eigenvalue weighted by Gasteiger charge is -2.15. The second kappa shape index (κ2) is 10.7. The molecule has 0 aliphatic carbocycles. The summed E-state index contributed by atoms with van der Waals surface area (Å²) in [4.78, 5) is 31.3. The van der Waals surface area contributed by atoms with E-state index in [4.69, 9.17) is 0 Å². The summed E-state index contributed by atoms with van der Waals surface area (Å²) in [5.41, 5.74) is 1.65. The third-order valence-corrected chi connectivity index (χ3v) is 7.40. The number of halogens is 4. The molecule has 5 rings (SSSR count). The molecule has 2 amide bonds. The van der Waals surface area contributed by atoms with Gasteiger partial charge in [0.1, 0.15) is 5.69 Å². The van der Waals surface area contributed by atoms with E-state index in [1.807, 2.05) is 12.1 Å². The van der Waals surface area contributed by atoms with Gasteiger partial charge in [-0.1, -0.05) is 28.1 Å². The Bertz CT molecular complexity index is 1620. The second-order valence-electron chi connectivity index (χ2n) is 9.76. The van der Waals surface area contributed by atoms with Crippen LogP contribution in [0.2, 0.25) is 0 Å². The molecular formula is C28H25BrF3N5O3. The highest BCUT2D eigenvalue weighted by molar-refractivity contribution is 9.10. The van der Waals surface area contributed by atoms with Gasteiger partial charge >= 0.3 is 6.18 Å². The minimum Gasteiger partial charge on any atom is -0.391 e. The van der Waals surface area contributed by atoms with Gasteiger partial charge in [-0.25, -0.2) is 4.98 Å². The highest BCUT2D eigenvalue weighted by Gasteiger charge is 2.34. The highest BCUT2D eigenvalue weighted by Crippen LogP contribution is 2.33. The van der Waals surface area contributed by atoms with E-state index < -0.39 is 23.9 Å². The summed E-state index contributed by atoms with van der Waals surface area (Å²) in [5, 5.41) is 17.2. The van der Waals surface area contributed by atoms with Gasteiger partial charge in [-0.2, -0.15) is 18.3 Å². The first-order valence-corrected chi connectivity index (χ1v) is 13.3. The third-order valence-electron chi connectivity index (χ3n) is 6.91.